The molecule has 3 nitrogen and oxygen atoms in total. The topological polar surface area (TPSA) is 38.3 Å². The van der Waals surface area contributed by atoms with Gasteiger partial charge in [0.2, 0.25) is 0 Å². The first-order chi connectivity index (χ1) is 5.77. The van der Waals surface area contributed by atoms with E-state index in [0.717, 1.165) is 19.3 Å². The van der Waals surface area contributed by atoms with Gasteiger partial charge in [0.05, 0.1) is 7.11 Å². The van der Waals surface area contributed by atoms with Gasteiger partial charge in [-0.2, -0.15) is 0 Å². The van der Waals surface area contributed by atoms with Crippen LogP contribution < -0.4 is 5.32 Å². The minimum Gasteiger partial charge on any atom is -0.468 e. The number of ether oxygens (including phenoxy) is 1. The van der Waals surface area contributed by atoms with Gasteiger partial charge in [-0.15, -0.1) is 6.58 Å². The summed E-state index contributed by atoms with van der Waals surface area (Å²) in [6, 6.07) is 0.312. The van der Waals surface area contributed by atoms with Gasteiger partial charge >= 0.3 is 5.97 Å². The van der Waals surface area contributed by atoms with E-state index in [1.807, 2.05) is 6.08 Å². The molecule has 1 rings (SSSR count). The highest BCUT2D eigenvalue weighted by molar-refractivity contribution is 5.76. The quantitative estimate of drug-likeness (QED) is 0.503. The monoisotopic (exact) mass is 169 g/mol. The van der Waals surface area contributed by atoms with E-state index >= 15 is 0 Å². The van der Waals surface area contributed by atoms with Crippen LogP contribution in [0.3, 0.4) is 0 Å². The third-order valence-electron chi connectivity index (χ3n) is 2.18. The Bertz CT molecular complexity index is 179. The number of esters is 1. The van der Waals surface area contributed by atoms with E-state index in [-0.39, 0.29) is 12.0 Å². The van der Waals surface area contributed by atoms with Crippen LogP contribution in [0.15, 0.2) is 12.7 Å². The van der Waals surface area contributed by atoms with Gasteiger partial charge in [0.25, 0.3) is 0 Å². The second kappa shape index (κ2) is 4.26. The lowest BCUT2D eigenvalue weighted by Crippen LogP contribution is -2.35. The van der Waals surface area contributed by atoms with Crippen LogP contribution in [0.2, 0.25) is 0 Å². The molecule has 0 aliphatic carbocycles. The first kappa shape index (κ1) is 9.26. The van der Waals surface area contributed by atoms with Crippen LogP contribution in [0.4, 0.5) is 0 Å². The standard InChI is InChI=1S/C9H15NO2/c1-3-4-7-5-6-8(10-7)9(11)12-2/h3,7-8,10H,1,4-6H2,2H3/t7-,8+/m1/s1. The van der Waals surface area contributed by atoms with Crippen LogP contribution in [0.5, 0.6) is 0 Å². The Morgan fingerprint density at radius 1 is 1.75 bits per heavy atom. The fraction of sp³-hybridized carbons (Fsp3) is 0.667. The summed E-state index contributed by atoms with van der Waals surface area (Å²) in [7, 11) is 1.42. The summed E-state index contributed by atoms with van der Waals surface area (Å²) in [5.74, 6) is -0.151. The van der Waals surface area contributed by atoms with Gasteiger partial charge in [0.15, 0.2) is 0 Å². The van der Waals surface area contributed by atoms with Crippen molar-refractivity contribution in [3.05, 3.63) is 12.7 Å². The Kier molecular flexibility index (Phi) is 3.29. The third kappa shape index (κ3) is 2.08. The van der Waals surface area contributed by atoms with Gasteiger partial charge in [0, 0.05) is 6.04 Å². The van der Waals surface area contributed by atoms with Crippen LogP contribution >= 0.6 is 0 Å². The molecule has 68 valence electrons. The molecule has 1 saturated heterocycles. The maximum Gasteiger partial charge on any atom is 0.322 e. The highest BCUT2D eigenvalue weighted by atomic mass is 16.5. The van der Waals surface area contributed by atoms with Crippen LogP contribution in [-0.4, -0.2) is 25.2 Å². The molecule has 12 heavy (non-hydrogen) atoms. The summed E-state index contributed by atoms with van der Waals surface area (Å²) in [5, 5.41) is 3.20. The van der Waals surface area contributed by atoms with Gasteiger partial charge in [-0.05, 0) is 19.3 Å². The average Bonchev–Trinajstić information content (AvgIpc) is 2.52. The van der Waals surface area contributed by atoms with Crippen molar-refractivity contribution in [3.63, 3.8) is 0 Å². The molecule has 0 bridgehead atoms. The summed E-state index contributed by atoms with van der Waals surface area (Å²) < 4.78 is 4.63. The largest absolute Gasteiger partial charge is 0.468 e. The zero-order chi connectivity index (χ0) is 8.97. The first-order valence-corrected chi connectivity index (χ1v) is 4.22. The number of carbonyl (C=O) groups excluding carboxylic acids is 1. The molecule has 0 aromatic carbocycles. The van der Waals surface area contributed by atoms with Crippen molar-refractivity contribution in [2.45, 2.75) is 31.3 Å². The van der Waals surface area contributed by atoms with Gasteiger partial charge < -0.3 is 10.1 Å². The molecule has 0 unspecified atom stereocenters. The summed E-state index contributed by atoms with van der Waals surface area (Å²) in [4.78, 5) is 11.1. The van der Waals surface area contributed by atoms with E-state index in [0.29, 0.717) is 6.04 Å². The molecule has 1 N–H and O–H groups in total. The molecule has 2 atom stereocenters. The van der Waals surface area contributed by atoms with Crippen molar-refractivity contribution in [2.24, 2.45) is 0 Å². The Morgan fingerprint density at radius 2 is 2.50 bits per heavy atom. The van der Waals surface area contributed by atoms with E-state index in [1.165, 1.54) is 7.11 Å². The summed E-state index contributed by atoms with van der Waals surface area (Å²) >= 11 is 0. The van der Waals surface area contributed by atoms with Gasteiger partial charge in [0.1, 0.15) is 6.04 Å². The van der Waals surface area contributed by atoms with Crippen molar-refractivity contribution in [1.29, 1.82) is 0 Å². The van der Waals surface area contributed by atoms with E-state index in [1.54, 1.807) is 0 Å². The summed E-state index contributed by atoms with van der Waals surface area (Å²) in [5.41, 5.74) is 0. The van der Waals surface area contributed by atoms with Crippen LogP contribution in [0, 0.1) is 0 Å². The predicted molar refractivity (Wildman–Crippen MR) is 46.8 cm³/mol. The summed E-state index contributed by atoms with van der Waals surface area (Å²) in [6.07, 6.45) is 4.71. The molecule has 1 aliphatic heterocycles. The molecule has 1 heterocycles. The number of methoxy groups -OCH3 is 1. The first-order valence-electron chi connectivity index (χ1n) is 4.22. The van der Waals surface area contributed by atoms with E-state index in [9.17, 15) is 4.79 Å². The molecule has 0 spiro atoms. The molecule has 3 heteroatoms. The fourth-order valence-corrected chi connectivity index (χ4v) is 1.53. The molecule has 1 aliphatic rings. The van der Waals surface area contributed by atoms with Crippen molar-refractivity contribution in [2.75, 3.05) is 7.11 Å². The lowest BCUT2D eigenvalue weighted by Gasteiger charge is -2.10. The van der Waals surface area contributed by atoms with Crippen LogP contribution in [0.1, 0.15) is 19.3 Å². The maximum atomic E-state index is 11.1. The predicted octanol–water partition coefficient (Wildman–Crippen LogP) is 0.856. The lowest BCUT2D eigenvalue weighted by molar-refractivity contribution is -0.142. The number of nitrogens with one attached hydrogen (secondary N) is 1. The normalized spacial score (nSPS) is 28.4. The lowest BCUT2D eigenvalue weighted by atomic mass is 10.1. The van der Waals surface area contributed by atoms with E-state index < -0.39 is 0 Å². The molecule has 1 fully saturated rings. The van der Waals surface area contributed by atoms with E-state index in [4.69, 9.17) is 0 Å². The SMILES string of the molecule is C=CC[C@@H]1CC[C@@H](C(=O)OC)N1. The Hall–Kier alpha value is -0.830. The van der Waals surface area contributed by atoms with Crippen molar-refractivity contribution < 1.29 is 9.53 Å². The number of rotatable bonds is 3. The maximum absolute atomic E-state index is 11.1. The molecular weight excluding hydrogens is 154 g/mol. The number of carbonyl (C=O) groups is 1. The molecule has 0 amide bonds. The van der Waals surface area contributed by atoms with Gasteiger partial charge in [-0.3, -0.25) is 4.79 Å². The fourth-order valence-electron chi connectivity index (χ4n) is 1.53. The highest BCUT2D eigenvalue weighted by Crippen LogP contribution is 2.15. The second-order valence-electron chi connectivity index (χ2n) is 3.04. The molecule has 0 radical (unpaired) electrons. The molecular formula is C9H15NO2. The minimum absolute atomic E-state index is 0.0973. The minimum atomic E-state index is -0.151. The number of hydrogen-bond acceptors (Lipinski definition) is 3. The third-order valence-corrected chi connectivity index (χ3v) is 2.18. The average molecular weight is 169 g/mol. The smallest absolute Gasteiger partial charge is 0.322 e. The van der Waals surface area contributed by atoms with Crippen molar-refractivity contribution in [3.8, 4) is 0 Å². The zero-order valence-corrected chi connectivity index (χ0v) is 7.38. The molecule has 0 aromatic heterocycles. The van der Waals surface area contributed by atoms with Crippen LogP contribution in [0.25, 0.3) is 0 Å². The zero-order valence-electron chi connectivity index (χ0n) is 7.38. The van der Waals surface area contributed by atoms with Crippen molar-refractivity contribution >= 4 is 5.97 Å². The Balaban J connectivity index is 2.34. The second-order valence-corrected chi connectivity index (χ2v) is 3.04. The van der Waals surface area contributed by atoms with Crippen molar-refractivity contribution in [1.82, 2.24) is 5.32 Å². The van der Waals surface area contributed by atoms with Gasteiger partial charge in [-0.25, -0.2) is 0 Å². The van der Waals surface area contributed by atoms with E-state index in [2.05, 4.69) is 16.6 Å². The highest BCUT2D eigenvalue weighted by Gasteiger charge is 2.28. The number of hydrogen-bond donors (Lipinski definition) is 1. The molecule has 0 aromatic rings. The Morgan fingerprint density at radius 3 is 3.08 bits per heavy atom. The van der Waals surface area contributed by atoms with Crippen LogP contribution in [-0.2, 0) is 9.53 Å². The Labute approximate surface area is 72.8 Å². The van der Waals surface area contributed by atoms with Gasteiger partial charge in [-0.1, -0.05) is 6.08 Å². The molecule has 0 saturated carbocycles. The summed E-state index contributed by atoms with van der Waals surface area (Å²) in [6.45, 7) is 3.66.